The van der Waals surface area contributed by atoms with Crippen molar-refractivity contribution in [1.82, 2.24) is 10.3 Å². The maximum Gasteiger partial charge on any atom is 0.253 e. The Morgan fingerprint density at radius 3 is 2.86 bits per heavy atom. The molecule has 22 heavy (non-hydrogen) atoms. The molecule has 0 atom stereocenters. The molecule has 0 aliphatic carbocycles. The topological polar surface area (TPSA) is 54.0 Å². The Morgan fingerprint density at radius 2 is 2.14 bits per heavy atom. The van der Waals surface area contributed by atoms with Crippen LogP contribution in [0.2, 0.25) is 5.02 Å². The summed E-state index contributed by atoms with van der Waals surface area (Å²) < 4.78 is 0. The highest BCUT2D eigenvalue weighted by atomic mass is 35.5. The van der Waals surface area contributed by atoms with Crippen LogP contribution >= 0.6 is 11.6 Å². The molecule has 1 amide bonds. The molecule has 0 fully saturated rings. The van der Waals surface area contributed by atoms with Crippen molar-refractivity contribution in [3.63, 3.8) is 0 Å². The number of halogens is 1. The van der Waals surface area contributed by atoms with E-state index in [9.17, 15) is 4.79 Å². The van der Waals surface area contributed by atoms with Gasteiger partial charge in [0.1, 0.15) is 0 Å². The van der Waals surface area contributed by atoms with Crippen molar-refractivity contribution >= 4 is 23.2 Å². The first-order valence-corrected chi connectivity index (χ1v) is 7.73. The molecule has 5 heteroatoms. The van der Waals surface area contributed by atoms with Gasteiger partial charge in [-0.15, -0.1) is 0 Å². The lowest BCUT2D eigenvalue weighted by molar-refractivity contribution is 0.0954. The van der Waals surface area contributed by atoms with Crippen molar-refractivity contribution in [1.29, 1.82) is 0 Å². The number of unbranched alkanes of at least 4 members (excludes halogenated alkanes) is 1. The average Bonchev–Trinajstić information content (AvgIpc) is 2.55. The van der Waals surface area contributed by atoms with Crippen molar-refractivity contribution in [3.8, 4) is 0 Å². The Kier molecular flexibility index (Phi) is 6.22. The van der Waals surface area contributed by atoms with Crippen molar-refractivity contribution in [2.24, 2.45) is 0 Å². The molecular weight excluding hydrogens is 298 g/mol. The summed E-state index contributed by atoms with van der Waals surface area (Å²) >= 11 is 5.96. The molecular formula is C17H20ClN3O. The molecule has 0 aliphatic rings. The van der Waals surface area contributed by atoms with E-state index in [4.69, 9.17) is 11.6 Å². The van der Waals surface area contributed by atoms with Crippen LogP contribution in [0.5, 0.6) is 0 Å². The number of carbonyl (C=O) groups is 1. The van der Waals surface area contributed by atoms with Crippen molar-refractivity contribution in [3.05, 3.63) is 58.9 Å². The first-order chi connectivity index (χ1) is 10.7. The van der Waals surface area contributed by atoms with E-state index in [1.807, 2.05) is 12.3 Å². The molecule has 0 aliphatic heterocycles. The molecule has 2 N–H and O–H groups in total. The normalized spacial score (nSPS) is 10.3. The molecule has 1 heterocycles. The van der Waals surface area contributed by atoms with E-state index in [0.29, 0.717) is 17.1 Å². The number of carbonyl (C=O) groups excluding carboxylic acids is 1. The largest absolute Gasteiger partial charge is 0.387 e. The van der Waals surface area contributed by atoms with Crippen LogP contribution in [-0.2, 0) is 6.42 Å². The molecule has 0 saturated carbocycles. The standard InChI is InChI=1S/C17H20ClN3O/c1-19-16-8-7-14(18)11-15(16)17(22)21-10-3-2-5-13-6-4-9-20-12-13/h4,6-9,11-12,19H,2-3,5,10H2,1H3,(H,21,22). The summed E-state index contributed by atoms with van der Waals surface area (Å²) in [6.45, 7) is 0.648. The van der Waals surface area contributed by atoms with Gasteiger partial charge in [0.2, 0.25) is 0 Å². The molecule has 0 unspecified atom stereocenters. The Bertz CT molecular complexity index is 617. The smallest absolute Gasteiger partial charge is 0.253 e. The Hall–Kier alpha value is -2.07. The fourth-order valence-corrected chi connectivity index (χ4v) is 2.39. The van der Waals surface area contributed by atoms with Gasteiger partial charge in [0.25, 0.3) is 5.91 Å². The van der Waals surface area contributed by atoms with Crippen LogP contribution in [-0.4, -0.2) is 24.5 Å². The lowest BCUT2D eigenvalue weighted by Gasteiger charge is -2.10. The summed E-state index contributed by atoms with van der Waals surface area (Å²) in [6, 6.07) is 9.25. The maximum absolute atomic E-state index is 12.2. The molecule has 0 radical (unpaired) electrons. The number of nitrogens with zero attached hydrogens (tertiary/aromatic N) is 1. The first-order valence-electron chi connectivity index (χ1n) is 7.35. The van der Waals surface area contributed by atoms with Crippen molar-refractivity contribution in [2.45, 2.75) is 19.3 Å². The zero-order valence-corrected chi connectivity index (χ0v) is 13.4. The van der Waals surface area contributed by atoms with Crippen molar-refractivity contribution < 1.29 is 4.79 Å². The summed E-state index contributed by atoms with van der Waals surface area (Å²) in [5.41, 5.74) is 2.57. The van der Waals surface area contributed by atoms with Crippen LogP contribution in [0.4, 0.5) is 5.69 Å². The van der Waals surface area contributed by atoms with E-state index in [1.54, 1.807) is 31.4 Å². The minimum absolute atomic E-state index is 0.103. The number of hydrogen-bond acceptors (Lipinski definition) is 3. The van der Waals surface area contributed by atoms with Gasteiger partial charge < -0.3 is 10.6 Å². The minimum Gasteiger partial charge on any atom is -0.387 e. The van der Waals surface area contributed by atoms with Gasteiger partial charge in [-0.3, -0.25) is 9.78 Å². The fourth-order valence-electron chi connectivity index (χ4n) is 2.22. The predicted octanol–water partition coefficient (Wildman–Crippen LogP) is 3.53. The number of nitrogens with one attached hydrogen (secondary N) is 2. The highest BCUT2D eigenvalue weighted by Crippen LogP contribution is 2.20. The zero-order valence-electron chi connectivity index (χ0n) is 12.6. The van der Waals surface area contributed by atoms with E-state index in [1.165, 1.54) is 5.56 Å². The molecule has 0 bridgehead atoms. The minimum atomic E-state index is -0.103. The molecule has 0 spiro atoms. The van der Waals surface area contributed by atoms with Gasteiger partial charge >= 0.3 is 0 Å². The number of hydrogen-bond donors (Lipinski definition) is 2. The SMILES string of the molecule is CNc1ccc(Cl)cc1C(=O)NCCCCc1cccnc1. The van der Waals surface area contributed by atoms with Gasteiger partial charge in [-0.25, -0.2) is 0 Å². The van der Waals surface area contributed by atoms with Gasteiger partial charge in [-0.2, -0.15) is 0 Å². The third kappa shape index (κ3) is 4.74. The van der Waals surface area contributed by atoms with Crippen LogP contribution in [0.15, 0.2) is 42.7 Å². The molecule has 2 rings (SSSR count). The second-order valence-corrected chi connectivity index (χ2v) is 5.45. The summed E-state index contributed by atoms with van der Waals surface area (Å²) in [7, 11) is 1.79. The van der Waals surface area contributed by atoms with E-state index in [-0.39, 0.29) is 5.91 Å². The van der Waals surface area contributed by atoms with Gasteiger partial charge in [-0.1, -0.05) is 17.7 Å². The van der Waals surface area contributed by atoms with Gasteiger partial charge in [0.15, 0.2) is 0 Å². The van der Waals surface area contributed by atoms with Crippen LogP contribution < -0.4 is 10.6 Å². The Balaban J connectivity index is 1.77. The molecule has 0 saturated heterocycles. The number of pyridine rings is 1. The maximum atomic E-state index is 12.2. The van der Waals surface area contributed by atoms with Crippen molar-refractivity contribution in [2.75, 3.05) is 18.9 Å². The lowest BCUT2D eigenvalue weighted by atomic mass is 10.1. The quantitative estimate of drug-likeness (QED) is 0.768. The third-order valence-electron chi connectivity index (χ3n) is 3.40. The predicted molar refractivity (Wildman–Crippen MR) is 90.5 cm³/mol. The summed E-state index contributed by atoms with van der Waals surface area (Å²) in [5.74, 6) is -0.103. The van der Waals surface area contributed by atoms with Gasteiger partial charge in [0.05, 0.1) is 5.56 Å². The number of anilines is 1. The first kappa shape index (κ1) is 16.3. The van der Waals surface area contributed by atoms with Gasteiger partial charge in [-0.05, 0) is 49.1 Å². The number of aryl methyl sites for hydroxylation is 1. The Morgan fingerprint density at radius 1 is 1.27 bits per heavy atom. The second-order valence-electron chi connectivity index (χ2n) is 5.01. The number of amides is 1. The third-order valence-corrected chi connectivity index (χ3v) is 3.63. The monoisotopic (exact) mass is 317 g/mol. The summed E-state index contributed by atoms with van der Waals surface area (Å²) in [5, 5.41) is 6.49. The summed E-state index contributed by atoms with van der Waals surface area (Å²) in [4.78, 5) is 16.3. The van der Waals surface area contributed by atoms with E-state index in [2.05, 4.69) is 21.7 Å². The zero-order chi connectivity index (χ0) is 15.8. The van der Waals surface area contributed by atoms with E-state index >= 15 is 0 Å². The Labute approximate surface area is 135 Å². The molecule has 4 nitrogen and oxygen atoms in total. The lowest BCUT2D eigenvalue weighted by Crippen LogP contribution is -2.25. The molecule has 1 aromatic heterocycles. The van der Waals surface area contributed by atoms with E-state index in [0.717, 1.165) is 24.9 Å². The van der Waals surface area contributed by atoms with Crippen LogP contribution in [0.1, 0.15) is 28.8 Å². The molecule has 1 aromatic carbocycles. The average molecular weight is 318 g/mol. The summed E-state index contributed by atoms with van der Waals surface area (Å²) in [6.07, 6.45) is 6.57. The second kappa shape index (κ2) is 8.39. The number of aromatic nitrogens is 1. The molecule has 116 valence electrons. The van der Waals surface area contributed by atoms with Crippen LogP contribution in [0, 0.1) is 0 Å². The molecule has 2 aromatic rings. The van der Waals surface area contributed by atoms with Crippen LogP contribution in [0.3, 0.4) is 0 Å². The highest BCUT2D eigenvalue weighted by Gasteiger charge is 2.10. The number of rotatable bonds is 7. The fraction of sp³-hybridized carbons (Fsp3) is 0.294. The van der Waals surface area contributed by atoms with Gasteiger partial charge in [0, 0.05) is 36.7 Å². The van der Waals surface area contributed by atoms with Crippen LogP contribution in [0.25, 0.3) is 0 Å². The van der Waals surface area contributed by atoms with E-state index < -0.39 is 0 Å². The highest BCUT2D eigenvalue weighted by molar-refractivity contribution is 6.31. The number of benzene rings is 1.